The van der Waals surface area contributed by atoms with Crippen LogP contribution in [0.2, 0.25) is 5.02 Å². The van der Waals surface area contributed by atoms with Crippen LogP contribution in [-0.4, -0.2) is 27.8 Å². The first-order valence-electron chi connectivity index (χ1n) is 8.98. The van der Waals surface area contributed by atoms with Gasteiger partial charge in [0.25, 0.3) is 0 Å². The van der Waals surface area contributed by atoms with Crippen LogP contribution < -0.4 is 10.1 Å². The van der Waals surface area contributed by atoms with Gasteiger partial charge in [0, 0.05) is 35.1 Å². The van der Waals surface area contributed by atoms with E-state index in [1.165, 1.54) is 7.11 Å². The third-order valence-electron chi connectivity index (χ3n) is 4.61. The van der Waals surface area contributed by atoms with E-state index >= 15 is 0 Å². The highest BCUT2D eigenvalue weighted by Gasteiger charge is 2.17. The molecule has 0 aliphatic rings. The second-order valence-corrected chi connectivity index (χ2v) is 7.07. The second kappa shape index (κ2) is 7.60. The van der Waals surface area contributed by atoms with Gasteiger partial charge < -0.3 is 19.0 Å². The van der Waals surface area contributed by atoms with Crippen LogP contribution in [0.1, 0.15) is 11.5 Å². The van der Waals surface area contributed by atoms with Crippen molar-refractivity contribution in [3.63, 3.8) is 0 Å². The molecule has 0 saturated heterocycles. The summed E-state index contributed by atoms with van der Waals surface area (Å²) in [7, 11) is 1.54. The number of halogens is 1. The van der Waals surface area contributed by atoms with Crippen molar-refractivity contribution >= 4 is 34.1 Å². The number of nitrogens with one attached hydrogen (secondary N) is 1. The molecule has 7 nitrogen and oxygen atoms in total. The smallest absolute Gasteiger partial charge is 0.249 e. The molecule has 4 rings (SSSR count). The minimum absolute atomic E-state index is 0.110. The lowest BCUT2D eigenvalue weighted by Gasteiger charge is -2.13. The molecule has 0 saturated carbocycles. The number of benzene rings is 2. The Balaban J connectivity index is 1.65. The molecule has 0 spiro atoms. The number of ether oxygens (including phenoxy) is 1. The minimum Gasteiger partial charge on any atom is -0.495 e. The molecule has 0 unspecified atom stereocenters. The van der Waals surface area contributed by atoms with E-state index in [2.05, 4.69) is 15.5 Å². The fourth-order valence-corrected chi connectivity index (χ4v) is 3.38. The SMILES string of the molecule is COc1cc(Cl)c(C)cc1NC(=O)Cn1cc(-c2nnc(C)o2)c2ccccc21. The summed E-state index contributed by atoms with van der Waals surface area (Å²) in [4.78, 5) is 12.8. The van der Waals surface area contributed by atoms with Crippen LogP contribution in [0.25, 0.3) is 22.4 Å². The summed E-state index contributed by atoms with van der Waals surface area (Å²) in [6.07, 6.45) is 1.85. The lowest BCUT2D eigenvalue weighted by Crippen LogP contribution is -2.18. The van der Waals surface area contributed by atoms with Crippen molar-refractivity contribution in [2.75, 3.05) is 12.4 Å². The van der Waals surface area contributed by atoms with Crippen molar-refractivity contribution < 1.29 is 13.9 Å². The second-order valence-electron chi connectivity index (χ2n) is 6.66. The third-order valence-corrected chi connectivity index (χ3v) is 5.02. The van der Waals surface area contributed by atoms with Gasteiger partial charge in [-0.2, -0.15) is 0 Å². The lowest BCUT2D eigenvalue weighted by molar-refractivity contribution is -0.116. The van der Waals surface area contributed by atoms with E-state index in [4.69, 9.17) is 20.8 Å². The highest BCUT2D eigenvalue weighted by Crippen LogP contribution is 2.32. The van der Waals surface area contributed by atoms with Crippen LogP contribution in [0.3, 0.4) is 0 Å². The fourth-order valence-electron chi connectivity index (χ4n) is 3.23. The number of fused-ring (bicyclic) bond motifs is 1. The largest absolute Gasteiger partial charge is 0.495 e. The third kappa shape index (κ3) is 3.69. The van der Waals surface area contributed by atoms with E-state index in [1.54, 1.807) is 19.1 Å². The number of methoxy groups -OCH3 is 1. The molecule has 8 heteroatoms. The highest BCUT2D eigenvalue weighted by atomic mass is 35.5. The standard InChI is InChI=1S/C21H19ClN4O3/c1-12-8-17(19(28-3)9-16(12)22)23-20(27)11-26-10-15(21-25-24-13(2)29-21)14-6-4-5-7-18(14)26/h4-10H,11H2,1-3H3,(H,23,27). The van der Waals surface area contributed by atoms with Gasteiger partial charge in [0.15, 0.2) is 0 Å². The number of anilines is 1. The number of rotatable bonds is 5. The van der Waals surface area contributed by atoms with E-state index < -0.39 is 0 Å². The number of nitrogens with zero attached hydrogens (tertiary/aromatic N) is 3. The van der Waals surface area contributed by atoms with Crippen LogP contribution in [-0.2, 0) is 11.3 Å². The average molecular weight is 411 g/mol. The van der Waals surface area contributed by atoms with E-state index in [-0.39, 0.29) is 12.5 Å². The summed E-state index contributed by atoms with van der Waals surface area (Å²) >= 11 is 6.14. The summed E-state index contributed by atoms with van der Waals surface area (Å²) in [5, 5.41) is 12.4. The first kappa shape index (κ1) is 19.0. The zero-order valence-electron chi connectivity index (χ0n) is 16.2. The molecule has 1 N–H and O–H groups in total. The van der Waals surface area contributed by atoms with Gasteiger partial charge in [-0.3, -0.25) is 4.79 Å². The van der Waals surface area contributed by atoms with Crippen LogP contribution in [0.4, 0.5) is 5.69 Å². The molecule has 2 heterocycles. The molecular weight excluding hydrogens is 392 g/mol. The van der Waals surface area contributed by atoms with Crippen molar-refractivity contribution in [1.29, 1.82) is 0 Å². The van der Waals surface area contributed by atoms with Gasteiger partial charge in [-0.25, -0.2) is 0 Å². The minimum atomic E-state index is -0.195. The number of carbonyl (C=O) groups excluding carboxylic acids is 1. The van der Waals surface area contributed by atoms with E-state index in [0.29, 0.717) is 28.2 Å². The average Bonchev–Trinajstić information content (AvgIpc) is 3.28. The first-order chi connectivity index (χ1) is 14.0. The Bertz CT molecular complexity index is 1210. The Kier molecular flexibility index (Phi) is 4.98. The van der Waals surface area contributed by atoms with Gasteiger partial charge in [-0.1, -0.05) is 29.8 Å². The molecule has 0 aliphatic carbocycles. The van der Waals surface area contributed by atoms with E-state index in [0.717, 1.165) is 22.0 Å². The number of aryl methyl sites for hydroxylation is 2. The maximum Gasteiger partial charge on any atom is 0.249 e. The van der Waals surface area contributed by atoms with Gasteiger partial charge in [0.05, 0.1) is 18.4 Å². The zero-order valence-corrected chi connectivity index (χ0v) is 16.9. The molecule has 0 fully saturated rings. The summed E-state index contributed by atoms with van der Waals surface area (Å²) in [6, 6.07) is 11.2. The van der Waals surface area contributed by atoms with Gasteiger partial charge in [0.1, 0.15) is 12.3 Å². The molecular formula is C21H19ClN4O3. The van der Waals surface area contributed by atoms with Crippen LogP contribution in [0, 0.1) is 13.8 Å². The molecule has 2 aromatic heterocycles. The number of para-hydroxylation sites is 1. The quantitative estimate of drug-likeness (QED) is 0.519. The first-order valence-corrected chi connectivity index (χ1v) is 9.36. The maximum atomic E-state index is 12.8. The van der Waals surface area contributed by atoms with E-state index in [9.17, 15) is 4.79 Å². The van der Waals surface area contributed by atoms with Gasteiger partial charge >= 0.3 is 0 Å². The summed E-state index contributed by atoms with van der Waals surface area (Å²) in [5.74, 6) is 1.22. The number of aromatic nitrogens is 3. The predicted octanol–water partition coefficient (Wildman–Crippen LogP) is 4.61. The fraction of sp³-hybridized carbons (Fsp3) is 0.190. The molecule has 0 atom stereocenters. The Morgan fingerprint density at radius 2 is 2.03 bits per heavy atom. The van der Waals surface area contributed by atoms with Crippen LogP contribution >= 0.6 is 11.6 Å². The highest BCUT2D eigenvalue weighted by molar-refractivity contribution is 6.31. The van der Waals surface area contributed by atoms with Crippen LogP contribution in [0.15, 0.2) is 47.0 Å². The molecule has 2 aromatic carbocycles. The molecule has 0 bridgehead atoms. The topological polar surface area (TPSA) is 82.2 Å². The number of hydrogen-bond donors (Lipinski definition) is 1. The summed E-state index contributed by atoms with van der Waals surface area (Å²) < 4.78 is 12.8. The Morgan fingerprint density at radius 3 is 2.76 bits per heavy atom. The number of amides is 1. The Hall–Kier alpha value is -3.32. The van der Waals surface area contributed by atoms with Gasteiger partial charge in [-0.15, -0.1) is 10.2 Å². The summed E-state index contributed by atoms with van der Waals surface area (Å²) in [5.41, 5.74) is 3.11. The van der Waals surface area contributed by atoms with Crippen molar-refractivity contribution in [3.05, 3.63) is 59.1 Å². The zero-order chi connectivity index (χ0) is 20.5. The Morgan fingerprint density at radius 1 is 1.24 bits per heavy atom. The van der Waals surface area contributed by atoms with Crippen molar-refractivity contribution in [2.24, 2.45) is 0 Å². The molecule has 0 aliphatic heterocycles. The predicted molar refractivity (Wildman–Crippen MR) is 111 cm³/mol. The molecule has 0 radical (unpaired) electrons. The molecule has 4 aromatic rings. The van der Waals surface area contributed by atoms with Gasteiger partial charge in [-0.05, 0) is 24.6 Å². The van der Waals surface area contributed by atoms with Gasteiger partial charge in [0.2, 0.25) is 17.7 Å². The number of hydrogen-bond acceptors (Lipinski definition) is 5. The lowest BCUT2D eigenvalue weighted by atomic mass is 10.2. The monoisotopic (exact) mass is 410 g/mol. The molecule has 29 heavy (non-hydrogen) atoms. The summed E-state index contributed by atoms with van der Waals surface area (Å²) in [6.45, 7) is 3.72. The van der Waals surface area contributed by atoms with Crippen molar-refractivity contribution in [2.45, 2.75) is 20.4 Å². The number of carbonyl (C=O) groups is 1. The van der Waals surface area contributed by atoms with E-state index in [1.807, 2.05) is 42.0 Å². The van der Waals surface area contributed by atoms with Crippen LogP contribution in [0.5, 0.6) is 5.75 Å². The Labute approximate surface area is 172 Å². The molecule has 148 valence electrons. The maximum absolute atomic E-state index is 12.8. The normalized spacial score (nSPS) is 11.0. The van der Waals surface area contributed by atoms with Crippen molar-refractivity contribution in [1.82, 2.24) is 14.8 Å². The molecule has 1 amide bonds. The van der Waals surface area contributed by atoms with Crippen molar-refractivity contribution in [3.8, 4) is 17.2 Å².